The molecule has 3 aromatic carbocycles. The van der Waals surface area contributed by atoms with Gasteiger partial charge >= 0.3 is 17.9 Å². The summed E-state index contributed by atoms with van der Waals surface area (Å²) >= 11 is 0. The van der Waals surface area contributed by atoms with Crippen LogP contribution in [0.3, 0.4) is 0 Å². The van der Waals surface area contributed by atoms with E-state index in [4.69, 9.17) is 14.2 Å². The van der Waals surface area contributed by atoms with Crippen molar-refractivity contribution >= 4 is 52.8 Å². The molecule has 0 saturated heterocycles. The molecule has 0 aliphatic carbocycles. The van der Waals surface area contributed by atoms with Crippen LogP contribution < -0.4 is 16.0 Å². The van der Waals surface area contributed by atoms with Crippen molar-refractivity contribution in [3.63, 3.8) is 0 Å². The van der Waals surface area contributed by atoms with Gasteiger partial charge in [0.2, 0.25) is 17.8 Å². The maximum absolute atomic E-state index is 12.8. The molecule has 286 valence electrons. The van der Waals surface area contributed by atoms with Crippen LogP contribution in [0.2, 0.25) is 0 Å². The highest BCUT2D eigenvalue weighted by Crippen LogP contribution is 2.23. The molecule has 12 nitrogen and oxygen atoms in total. The first-order valence-corrected chi connectivity index (χ1v) is 18.8. The summed E-state index contributed by atoms with van der Waals surface area (Å²) in [6.07, 6.45) is 9.53. The van der Waals surface area contributed by atoms with Gasteiger partial charge in [-0.25, -0.2) is 14.4 Å². The minimum absolute atomic E-state index is 0.207. The Balaban J connectivity index is 1.49. The minimum Gasteiger partial charge on any atom is -0.462 e. The molecule has 0 aliphatic rings. The number of hydrogen-bond donors (Lipinski definition) is 3. The molecule has 0 radical (unpaired) electrons. The van der Waals surface area contributed by atoms with E-state index >= 15 is 0 Å². The number of hydrogen-bond acceptors (Lipinski definition) is 12. The number of carbonyl (C=O) groups excluding carboxylic acids is 3. The van der Waals surface area contributed by atoms with Crippen molar-refractivity contribution in [1.29, 1.82) is 0 Å². The zero-order valence-electron chi connectivity index (χ0n) is 31.7. The van der Waals surface area contributed by atoms with Gasteiger partial charge < -0.3 is 30.2 Å². The monoisotopic (exact) mass is 736 g/mol. The van der Waals surface area contributed by atoms with Crippen molar-refractivity contribution in [2.75, 3.05) is 29.2 Å². The first-order valence-electron chi connectivity index (χ1n) is 18.8. The molecule has 0 amide bonds. The van der Waals surface area contributed by atoms with E-state index in [9.17, 15) is 14.4 Å². The molecule has 0 bridgehead atoms. The predicted octanol–water partition coefficient (Wildman–Crippen LogP) is 10.1. The van der Waals surface area contributed by atoms with Gasteiger partial charge in [-0.2, -0.15) is 15.0 Å². The normalized spacial score (nSPS) is 11.9. The van der Waals surface area contributed by atoms with E-state index in [0.717, 1.165) is 57.6 Å². The van der Waals surface area contributed by atoms with Gasteiger partial charge in [0.15, 0.2) is 0 Å². The standard InChI is InChI=1S/C42H52N6O6/c1-6-11-13-29(8-3)27-53-38(50)32-17-23-35(24-18-32)44-41-46-40(43-34-21-15-31(16-22-34)37(49)52-10-5)47-42(48-41)45-36-25-19-33(20-26-36)39(51)54-28-30(9-4)14-12-7-2/h10,15-26,29-30H,5-9,11-14,27-28H2,1-4H3,(H3,43,44,45,46,47,48). The second-order valence-electron chi connectivity index (χ2n) is 13.0. The molecule has 1 heterocycles. The molecule has 1 aromatic heterocycles. The Morgan fingerprint density at radius 3 is 1.20 bits per heavy atom. The molecule has 54 heavy (non-hydrogen) atoms. The summed E-state index contributed by atoms with van der Waals surface area (Å²) in [6, 6.07) is 20.4. The molecular weight excluding hydrogens is 684 g/mol. The first-order chi connectivity index (χ1) is 26.2. The maximum atomic E-state index is 12.8. The molecule has 2 atom stereocenters. The first kappa shape index (κ1) is 41.0. The highest BCUT2D eigenvalue weighted by atomic mass is 16.5. The van der Waals surface area contributed by atoms with Crippen LogP contribution in [0.15, 0.2) is 85.6 Å². The quantitative estimate of drug-likeness (QED) is 0.0400. The summed E-state index contributed by atoms with van der Waals surface area (Å²) in [5.41, 5.74) is 3.12. The third-order valence-electron chi connectivity index (χ3n) is 8.94. The number of anilines is 6. The molecule has 0 fully saturated rings. The van der Waals surface area contributed by atoms with Crippen molar-refractivity contribution in [1.82, 2.24) is 15.0 Å². The average Bonchev–Trinajstić information content (AvgIpc) is 3.18. The smallest absolute Gasteiger partial charge is 0.342 e. The number of rotatable bonds is 22. The van der Waals surface area contributed by atoms with Gasteiger partial charge in [0.1, 0.15) is 0 Å². The van der Waals surface area contributed by atoms with Gasteiger partial charge in [0, 0.05) is 17.1 Å². The lowest BCUT2D eigenvalue weighted by molar-refractivity contribution is 0.0419. The zero-order chi connectivity index (χ0) is 38.7. The Morgan fingerprint density at radius 1 is 0.574 bits per heavy atom. The highest BCUT2D eigenvalue weighted by Gasteiger charge is 2.15. The second kappa shape index (κ2) is 21.7. The van der Waals surface area contributed by atoms with Gasteiger partial charge in [0.25, 0.3) is 0 Å². The van der Waals surface area contributed by atoms with Gasteiger partial charge in [0.05, 0.1) is 36.2 Å². The van der Waals surface area contributed by atoms with E-state index in [0.29, 0.717) is 58.8 Å². The largest absolute Gasteiger partial charge is 0.462 e. The number of aromatic nitrogens is 3. The van der Waals surface area contributed by atoms with Crippen LogP contribution in [-0.4, -0.2) is 46.1 Å². The van der Waals surface area contributed by atoms with Crippen LogP contribution in [0, 0.1) is 11.8 Å². The van der Waals surface area contributed by atoms with Crippen molar-refractivity contribution in [3.05, 3.63) is 102 Å². The maximum Gasteiger partial charge on any atom is 0.342 e. The van der Waals surface area contributed by atoms with E-state index < -0.39 is 5.97 Å². The Labute approximate surface area is 318 Å². The predicted molar refractivity (Wildman–Crippen MR) is 212 cm³/mol. The summed E-state index contributed by atoms with van der Waals surface area (Å²) in [4.78, 5) is 51.2. The van der Waals surface area contributed by atoms with Crippen LogP contribution >= 0.6 is 0 Å². The summed E-state index contributed by atoms with van der Waals surface area (Å²) in [6.45, 7) is 12.8. The molecule has 4 aromatic rings. The van der Waals surface area contributed by atoms with Gasteiger partial charge in [-0.3, -0.25) is 0 Å². The number of unbranched alkanes of at least 4 members (excludes halogenated alkanes) is 2. The number of benzene rings is 3. The van der Waals surface area contributed by atoms with Crippen molar-refractivity contribution in [2.45, 2.75) is 79.1 Å². The fourth-order valence-corrected chi connectivity index (χ4v) is 5.49. The molecular formula is C42H52N6O6. The van der Waals surface area contributed by atoms with Crippen molar-refractivity contribution < 1.29 is 28.6 Å². The summed E-state index contributed by atoms with van der Waals surface area (Å²) in [7, 11) is 0. The van der Waals surface area contributed by atoms with Crippen LogP contribution in [0.25, 0.3) is 0 Å². The molecule has 2 unspecified atom stereocenters. The van der Waals surface area contributed by atoms with Gasteiger partial charge in [-0.15, -0.1) is 0 Å². The number of ether oxygens (including phenoxy) is 3. The van der Waals surface area contributed by atoms with Crippen LogP contribution in [0.5, 0.6) is 0 Å². The fourth-order valence-electron chi connectivity index (χ4n) is 5.49. The SMILES string of the molecule is C=COC(=O)c1ccc(Nc2nc(Nc3ccc(C(=O)OCC(CC)CCCC)cc3)nc(Nc3ccc(C(=O)OCC(CC)CCCC)cc3)n2)cc1. The average molecular weight is 737 g/mol. The van der Waals surface area contributed by atoms with Gasteiger partial charge in [-0.1, -0.05) is 72.8 Å². The lowest BCUT2D eigenvalue weighted by Crippen LogP contribution is -2.14. The van der Waals surface area contributed by atoms with Gasteiger partial charge in [-0.05, 0) is 97.5 Å². The van der Waals surface area contributed by atoms with Crippen molar-refractivity contribution in [2.24, 2.45) is 11.8 Å². The van der Waals surface area contributed by atoms with E-state index in [2.05, 4.69) is 65.2 Å². The van der Waals surface area contributed by atoms with Crippen LogP contribution in [-0.2, 0) is 14.2 Å². The number of esters is 3. The summed E-state index contributed by atoms with van der Waals surface area (Å²) in [5, 5.41) is 9.51. The Kier molecular flexibility index (Phi) is 16.5. The Bertz CT molecular complexity index is 1700. The number of carbonyl (C=O) groups is 3. The molecule has 0 spiro atoms. The zero-order valence-corrected chi connectivity index (χ0v) is 31.7. The van der Waals surface area contributed by atoms with E-state index in [1.54, 1.807) is 72.8 Å². The van der Waals surface area contributed by atoms with E-state index in [1.807, 2.05) is 0 Å². The van der Waals surface area contributed by atoms with Crippen molar-refractivity contribution in [3.8, 4) is 0 Å². The Morgan fingerprint density at radius 2 is 0.907 bits per heavy atom. The van der Waals surface area contributed by atoms with E-state index in [1.165, 1.54) is 0 Å². The molecule has 0 aliphatic heterocycles. The number of nitrogens with zero attached hydrogens (tertiary/aromatic N) is 3. The lowest BCUT2D eigenvalue weighted by Gasteiger charge is -2.15. The van der Waals surface area contributed by atoms with E-state index in [-0.39, 0.29) is 29.8 Å². The lowest BCUT2D eigenvalue weighted by atomic mass is 10.0. The third-order valence-corrected chi connectivity index (χ3v) is 8.94. The molecule has 12 heteroatoms. The fraction of sp³-hybridized carbons (Fsp3) is 0.381. The highest BCUT2D eigenvalue weighted by molar-refractivity contribution is 5.91. The van der Waals surface area contributed by atoms with Crippen LogP contribution in [0.4, 0.5) is 34.9 Å². The molecule has 4 rings (SSSR count). The summed E-state index contributed by atoms with van der Waals surface area (Å²) in [5.74, 6) is 0.0819. The minimum atomic E-state index is -0.525. The summed E-state index contributed by atoms with van der Waals surface area (Å²) < 4.78 is 16.1. The topological polar surface area (TPSA) is 154 Å². The number of nitrogens with one attached hydrogen (secondary N) is 3. The second-order valence-corrected chi connectivity index (χ2v) is 13.0. The van der Waals surface area contributed by atoms with Crippen LogP contribution in [0.1, 0.15) is 110 Å². The molecule has 0 saturated carbocycles. The molecule has 3 N–H and O–H groups in total. The Hall–Kier alpha value is -5.78. The third kappa shape index (κ3) is 13.0.